The van der Waals surface area contributed by atoms with Gasteiger partial charge in [-0.2, -0.15) is 0 Å². The molecule has 0 aromatic heterocycles. The van der Waals surface area contributed by atoms with Crippen molar-refractivity contribution in [2.45, 2.75) is 19.5 Å². The third kappa shape index (κ3) is 4.72. The van der Waals surface area contributed by atoms with E-state index >= 15 is 0 Å². The summed E-state index contributed by atoms with van der Waals surface area (Å²) in [5, 5.41) is 3.45. The monoisotopic (exact) mass is 470 g/mol. The Labute approximate surface area is 205 Å². The van der Waals surface area contributed by atoms with Crippen molar-refractivity contribution in [3.05, 3.63) is 83.9 Å². The van der Waals surface area contributed by atoms with Crippen LogP contribution in [0.4, 0.5) is 22.7 Å². The van der Waals surface area contributed by atoms with Gasteiger partial charge in [0.15, 0.2) is 0 Å². The number of benzene rings is 3. The Hall–Kier alpha value is -3.84. The van der Waals surface area contributed by atoms with Crippen LogP contribution in [0.1, 0.15) is 22.8 Å². The van der Waals surface area contributed by atoms with Crippen LogP contribution in [0.5, 0.6) is 0 Å². The zero-order chi connectivity index (χ0) is 24.4. The van der Waals surface area contributed by atoms with Gasteiger partial charge in [0.2, 0.25) is 5.91 Å². The minimum absolute atomic E-state index is 0.0341. The first-order chi connectivity index (χ1) is 17.0. The third-order valence-corrected chi connectivity index (χ3v) is 6.72. The van der Waals surface area contributed by atoms with Crippen LogP contribution in [0.2, 0.25) is 0 Å². The normalized spacial score (nSPS) is 17.8. The number of morpholine rings is 1. The molecule has 0 saturated carbocycles. The molecule has 1 atom stereocenters. The molecule has 3 aromatic rings. The number of anilines is 4. The largest absolute Gasteiger partial charge is 0.378 e. The molecule has 2 aliphatic heterocycles. The summed E-state index contributed by atoms with van der Waals surface area (Å²) in [6.07, 6.45) is 0. The van der Waals surface area contributed by atoms with Crippen molar-refractivity contribution >= 4 is 34.6 Å². The van der Waals surface area contributed by atoms with Crippen LogP contribution in [0.25, 0.3) is 0 Å². The van der Waals surface area contributed by atoms with E-state index in [1.807, 2.05) is 73.5 Å². The number of fused-ring (bicyclic) bond motifs is 1. The minimum atomic E-state index is -0.270. The summed E-state index contributed by atoms with van der Waals surface area (Å²) in [4.78, 5) is 31.3. The van der Waals surface area contributed by atoms with Gasteiger partial charge in [-0.1, -0.05) is 30.3 Å². The summed E-state index contributed by atoms with van der Waals surface area (Å²) in [5.41, 5.74) is 5.54. The second-order valence-corrected chi connectivity index (χ2v) is 9.00. The summed E-state index contributed by atoms with van der Waals surface area (Å²) in [5.74, 6) is 0.113. The molecular formula is C28H30N4O3. The maximum absolute atomic E-state index is 12.9. The van der Waals surface area contributed by atoms with E-state index < -0.39 is 0 Å². The molecule has 35 heavy (non-hydrogen) atoms. The number of carbonyl (C=O) groups is 2. The average Bonchev–Trinajstić information content (AvgIpc) is 2.91. The molecule has 7 heteroatoms. The van der Waals surface area contributed by atoms with Crippen LogP contribution < -0.4 is 15.1 Å². The molecule has 0 spiro atoms. The van der Waals surface area contributed by atoms with E-state index in [-0.39, 0.29) is 17.9 Å². The first-order valence-electron chi connectivity index (χ1n) is 12.0. The van der Waals surface area contributed by atoms with Gasteiger partial charge >= 0.3 is 0 Å². The summed E-state index contributed by atoms with van der Waals surface area (Å²) in [7, 11) is 1.83. The Morgan fingerprint density at radius 1 is 0.943 bits per heavy atom. The van der Waals surface area contributed by atoms with Crippen molar-refractivity contribution in [1.82, 2.24) is 4.90 Å². The Morgan fingerprint density at radius 2 is 1.63 bits per heavy atom. The van der Waals surface area contributed by atoms with Gasteiger partial charge < -0.3 is 24.8 Å². The number of ether oxygens (including phenoxy) is 1. The maximum atomic E-state index is 12.9. The smallest absolute Gasteiger partial charge is 0.254 e. The van der Waals surface area contributed by atoms with Crippen molar-refractivity contribution in [2.75, 3.05) is 48.5 Å². The van der Waals surface area contributed by atoms with Gasteiger partial charge in [-0.05, 0) is 55.0 Å². The van der Waals surface area contributed by atoms with Crippen molar-refractivity contribution in [3.8, 4) is 0 Å². The number of rotatable bonds is 5. The van der Waals surface area contributed by atoms with Crippen LogP contribution in [-0.2, 0) is 16.1 Å². The number of carbonyl (C=O) groups excluding carboxylic acids is 2. The van der Waals surface area contributed by atoms with Crippen molar-refractivity contribution in [2.24, 2.45) is 0 Å². The van der Waals surface area contributed by atoms with E-state index in [2.05, 4.69) is 28.4 Å². The van der Waals surface area contributed by atoms with Crippen LogP contribution in [0.3, 0.4) is 0 Å². The lowest BCUT2D eigenvalue weighted by atomic mass is 10.0. The molecular weight excluding hydrogens is 440 g/mol. The van der Waals surface area contributed by atoms with Crippen molar-refractivity contribution < 1.29 is 14.3 Å². The minimum Gasteiger partial charge on any atom is -0.378 e. The highest BCUT2D eigenvalue weighted by molar-refractivity contribution is 6.05. The molecule has 0 radical (unpaired) electrons. The highest BCUT2D eigenvalue weighted by atomic mass is 16.5. The Bertz CT molecular complexity index is 1210. The van der Waals surface area contributed by atoms with E-state index in [1.165, 1.54) is 0 Å². The highest BCUT2D eigenvalue weighted by Crippen LogP contribution is 2.39. The number of amides is 2. The van der Waals surface area contributed by atoms with E-state index in [0.717, 1.165) is 28.3 Å². The third-order valence-electron chi connectivity index (χ3n) is 6.72. The molecule has 180 valence electrons. The van der Waals surface area contributed by atoms with Crippen LogP contribution in [0.15, 0.2) is 72.8 Å². The van der Waals surface area contributed by atoms with E-state index in [0.29, 0.717) is 38.4 Å². The summed E-state index contributed by atoms with van der Waals surface area (Å²) in [6.45, 7) is 5.03. The van der Waals surface area contributed by atoms with Gasteiger partial charge in [0.25, 0.3) is 5.91 Å². The highest BCUT2D eigenvalue weighted by Gasteiger charge is 2.33. The fraction of sp³-hybridized carbons (Fsp3) is 0.286. The van der Waals surface area contributed by atoms with E-state index in [1.54, 1.807) is 4.90 Å². The first-order valence-corrected chi connectivity index (χ1v) is 12.0. The molecule has 3 aromatic carbocycles. The molecule has 2 aliphatic rings. The number of hydrogen-bond donors (Lipinski definition) is 1. The fourth-order valence-corrected chi connectivity index (χ4v) is 4.67. The number of hydrogen-bond acceptors (Lipinski definition) is 5. The molecule has 5 rings (SSSR count). The van der Waals surface area contributed by atoms with Gasteiger partial charge in [-0.3, -0.25) is 9.59 Å². The molecule has 1 fully saturated rings. The predicted molar refractivity (Wildman–Crippen MR) is 138 cm³/mol. The summed E-state index contributed by atoms with van der Waals surface area (Å²) in [6, 6.07) is 23.5. The first kappa shape index (κ1) is 22.9. The molecule has 2 amide bonds. The van der Waals surface area contributed by atoms with Gasteiger partial charge in [-0.15, -0.1) is 0 Å². The fourth-order valence-electron chi connectivity index (χ4n) is 4.67. The van der Waals surface area contributed by atoms with Gasteiger partial charge in [-0.25, -0.2) is 0 Å². The Morgan fingerprint density at radius 3 is 2.34 bits per heavy atom. The van der Waals surface area contributed by atoms with E-state index in [9.17, 15) is 9.59 Å². The van der Waals surface area contributed by atoms with Gasteiger partial charge in [0.05, 0.1) is 24.6 Å². The van der Waals surface area contributed by atoms with Crippen LogP contribution in [0, 0.1) is 0 Å². The molecule has 0 unspecified atom stereocenters. The summed E-state index contributed by atoms with van der Waals surface area (Å²) >= 11 is 0. The molecule has 2 heterocycles. The zero-order valence-electron chi connectivity index (χ0n) is 20.1. The SMILES string of the molecule is C[C@@H]1C(=O)N(C)c2ccc(Nc3ccc(C(=O)N4CCOCC4)cc3)cc2N1Cc1ccccc1. The molecule has 0 aliphatic carbocycles. The van der Waals surface area contributed by atoms with Gasteiger partial charge in [0.1, 0.15) is 6.04 Å². The molecule has 7 nitrogen and oxygen atoms in total. The average molecular weight is 471 g/mol. The lowest BCUT2D eigenvalue weighted by Gasteiger charge is -2.40. The van der Waals surface area contributed by atoms with Gasteiger partial charge in [0, 0.05) is 43.6 Å². The van der Waals surface area contributed by atoms with E-state index in [4.69, 9.17) is 4.74 Å². The van der Waals surface area contributed by atoms with Crippen LogP contribution in [-0.4, -0.2) is 56.1 Å². The van der Waals surface area contributed by atoms with Crippen molar-refractivity contribution in [1.29, 1.82) is 0 Å². The number of nitrogens with one attached hydrogen (secondary N) is 1. The standard InChI is InChI=1S/C28H30N4O3/c1-20-27(33)30(2)25-13-12-24(18-26(25)32(20)19-21-6-4-3-5-7-21)29-23-10-8-22(9-11-23)28(34)31-14-16-35-17-15-31/h3-13,18,20,29H,14-17,19H2,1-2H3/t20-/m1/s1. The lowest BCUT2D eigenvalue weighted by Crippen LogP contribution is -2.50. The predicted octanol–water partition coefficient (Wildman–Crippen LogP) is 4.27. The lowest BCUT2D eigenvalue weighted by molar-refractivity contribution is -0.119. The summed E-state index contributed by atoms with van der Waals surface area (Å²) < 4.78 is 5.34. The molecule has 1 N–H and O–H groups in total. The zero-order valence-corrected chi connectivity index (χ0v) is 20.1. The Kier molecular flexibility index (Phi) is 6.42. The maximum Gasteiger partial charge on any atom is 0.254 e. The van der Waals surface area contributed by atoms with Crippen LogP contribution >= 0.6 is 0 Å². The molecule has 1 saturated heterocycles. The van der Waals surface area contributed by atoms with Crippen molar-refractivity contribution in [3.63, 3.8) is 0 Å². The number of likely N-dealkylation sites (N-methyl/N-ethyl adjacent to an activating group) is 1. The Balaban J connectivity index is 1.37. The second-order valence-electron chi connectivity index (χ2n) is 9.00. The quantitative estimate of drug-likeness (QED) is 0.603. The molecule has 0 bridgehead atoms. The second kappa shape index (κ2) is 9.80. The number of nitrogens with zero attached hydrogens (tertiary/aromatic N) is 3. The topological polar surface area (TPSA) is 65.1 Å².